The molecule has 2 aromatic carbocycles. The van der Waals surface area contributed by atoms with Crippen molar-refractivity contribution in [2.75, 3.05) is 0 Å². The fourth-order valence-electron chi connectivity index (χ4n) is 2.79. The molecule has 0 unspecified atom stereocenters. The summed E-state index contributed by atoms with van der Waals surface area (Å²) >= 11 is 0. The smallest absolute Gasteiger partial charge is 0.321 e. The zero-order chi connectivity index (χ0) is 20.9. The van der Waals surface area contributed by atoms with Crippen LogP contribution in [0.4, 0.5) is 0 Å². The van der Waals surface area contributed by atoms with Crippen molar-refractivity contribution in [2.45, 2.75) is 58.4 Å². The molecule has 5 nitrogen and oxygen atoms in total. The van der Waals surface area contributed by atoms with E-state index in [9.17, 15) is 14.1 Å². The van der Waals surface area contributed by atoms with E-state index < -0.39 is 27.7 Å². The molecule has 0 spiro atoms. The molecule has 0 heterocycles. The van der Waals surface area contributed by atoms with E-state index in [2.05, 4.69) is 4.72 Å². The van der Waals surface area contributed by atoms with Crippen molar-refractivity contribution in [3.63, 3.8) is 0 Å². The van der Waals surface area contributed by atoms with Crippen molar-refractivity contribution in [1.29, 1.82) is 0 Å². The lowest BCUT2D eigenvalue weighted by Gasteiger charge is -2.23. The maximum absolute atomic E-state index is 12.3. The zero-order valence-corrected chi connectivity index (χ0v) is 17.9. The van der Waals surface area contributed by atoms with E-state index in [0.717, 1.165) is 28.0 Å². The van der Waals surface area contributed by atoms with E-state index in [1.165, 1.54) is 0 Å². The maximum Gasteiger partial charge on any atom is 0.321 e. The van der Waals surface area contributed by atoms with Gasteiger partial charge in [0.2, 0.25) is 0 Å². The van der Waals surface area contributed by atoms with Gasteiger partial charge in [0.05, 0.1) is 15.7 Å². The molecule has 2 aromatic rings. The minimum atomic E-state index is -1.46. The molecule has 0 aliphatic rings. The van der Waals surface area contributed by atoms with E-state index in [4.69, 9.17) is 4.74 Å². The zero-order valence-electron chi connectivity index (χ0n) is 17.1. The first-order valence-electron chi connectivity index (χ1n) is 9.25. The Bertz CT molecular complexity index is 820. The van der Waals surface area contributed by atoms with Crippen LogP contribution in [0, 0.1) is 13.8 Å². The van der Waals surface area contributed by atoms with Gasteiger partial charge in [-0.1, -0.05) is 30.3 Å². The molecule has 0 radical (unpaired) electrons. The van der Waals surface area contributed by atoms with Crippen molar-refractivity contribution < 1.29 is 18.8 Å². The second-order valence-corrected chi connectivity index (χ2v) is 9.90. The Morgan fingerprint density at radius 3 is 2.21 bits per heavy atom. The molecular formula is C22H29NO4S. The van der Waals surface area contributed by atoms with Gasteiger partial charge in [-0.05, 0) is 75.4 Å². The molecule has 0 fully saturated rings. The number of carbonyl (C=O) groups is 1. The Labute approximate surface area is 169 Å². The highest BCUT2D eigenvalue weighted by Gasteiger charge is 2.27. The molecule has 2 rings (SSSR count). The van der Waals surface area contributed by atoms with Crippen LogP contribution in [-0.4, -0.2) is 26.1 Å². The van der Waals surface area contributed by atoms with Gasteiger partial charge in [0.15, 0.2) is 0 Å². The van der Waals surface area contributed by atoms with E-state index in [1.807, 2.05) is 77.1 Å². The molecule has 0 saturated heterocycles. The highest BCUT2D eigenvalue weighted by molar-refractivity contribution is 7.84. The summed E-state index contributed by atoms with van der Waals surface area (Å²) in [7, 11) is -1.46. The van der Waals surface area contributed by atoms with Crippen molar-refractivity contribution in [1.82, 2.24) is 4.72 Å². The number of rotatable bonds is 8. The number of benzene rings is 2. The van der Waals surface area contributed by atoms with Gasteiger partial charge in [0, 0.05) is 0 Å². The predicted octanol–water partition coefficient (Wildman–Crippen LogP) is 3.93. The summed E-state index contributed by atoms with van der Waals surface area (Å²) in [6, 6.07) is 12.8. The van der Waals surface area contributed by atoms with Gasteiger partial charge in [-0.3, -0.25) is 4.79 Å². The van der Waals surface area contributed by atoms with E-state index in [0.29, 0.717) is 6.61 Å². The third kappa shape index (κ3) is 6.17. The average Bonchev–Trinajstić information content (AvgIpc) is 2.61. The fourth-order valence-corrected chi connectivity index (χ4v) is 3.59. The topological polar surface area (TPSA) is 75.6 Å². The normalized spacial score (nSPS) is 13.8. The van der Waals surface area contributed by atoms with Gasteiger partial charge in [-0.15, -0.1) is 0 Å². The number of carboxylic acids is 1. The molecule has 0 aliphatic heterocycles. The Morgan fingerprint density at radius 1 is 1.14 bits per heavy atom. The minimum Gasteiger partial charge on any atom is -0.489 e. The standard InChI is InChI=1S/C22H29NO4S/c1-15-11-18(27-14-17-9-7-6-8-10-17)12-16(2)19(15)13-20(21(24)25)23-28(26)22(3,4)5/h6-12,20,23H,13-14H2,1-5H3,(H,24,25)/t20-,28-/m0/s1. The molecule has 0 amide bonds. The number of hydrogen-bond donors (Lipinski definition) is 2. The molecule has 28 heavy (non-hydrogen) atoms. The molecule has 152 valence electrons. The number of aryl methyl sites for hydroxylation is 2. The number of aliphatic carboxylic acids is 1. The van der Waals surface area contributed by atoms with Crippen LogP contribution in [0.15, 0.2) is 42.5 Å². The van der Waals surface area contributed by atoms with Gasteiger partial charge in [0.1, 0.15) is 18.4 Å². The summed E-state index contributed by atoms with van der Waals surface area (Å²) in [5.41, 5.74) is 3.93. The summed E-state index contributed by atoms with van der Waals surface area (Å²) in [6.45, 7) is 9.79. The molecule has 2 atom stereocenters. The number of nitrogens with one attached hydrogen (secondary N) is 1. The van der Waals surface area contributed by atoms with Crippen LogP contribution in [0.25, 0.3) is 0 Å². The van der Waals surface area contributed by atoms with Gasteiger partial charge in [-0.2, -0.15) is 0 Å². The van der Waals surface area contributed by atoms with Crippen LogP contribution in [0.2, 0.25) is 0 Å². The minimum absolute atomic E-state index is 0.258. The number of ether oxygens (including phenoxy) is 1. The summed E-state index contributed by atoms with van der Waals surface area (Å²) in [6.07, 6.45) is 0.258. The van der Waals surface area contributed by atoms with Crippen molar-refractivity contribution in [2.24, 2.45) is 0 Å². The third-order valence-corrected chi connectivity index (χ3v) is 6.04. The molecule has 0 aliphatic carbocycles. The van der Waals surface area contributed by atoms with Crippen molar-refractivity contribution in [3.8, 4) is 5.75 Å². The first-order chi connectivity index (χ1) is 13.1. The van der Waals surface area contributed by atoms with Gasteiger partial charge >= 0.3 is 5.97 Å². The quantitative estimate of drug-likeness (QED) is 0.700. The van der Waals surface area contributed by atoms with Gasteiger partial charge < -0.3 is 9.84 Å². The van der Waals surface area contributed by atoms with Crippen molar-refractivity contribution in [3.05, 3.63) is 64.7 Å². The summed E-state index contributed by atoms with van der Waals surface area (Å²) < 4.78 is 20.4. The SMILES string of the molecule is Cc1cc(OCc2ccccc2)cc(C)c1C[C@H](N[S@@](=O)C(C)(C)C)C(=O)O. The molecule has 2 N–H and O–H groups in total. The first kappa shape index (κ1) is 22.1. The Hall–Kier alpha value is -2.18. The van der Waals surface area contributed by atoms with Crippen molar-refractivity contribution >= 4 is 17.0 Å². The second kappa shape index (κ2) is 9.34. The van der Waals surface area contributed by atoms with Crippen LogP contribution >= 0.6 is 0 Å². The van der Waals surface area contributed by atoms with Crippen LogP contribution in [0.3, 0.4) is 0 Å². The first-order valence-corrected chi connectivity index (χ1v) is 10.4. The van der Waals surface area contributed by atoms with Crippen LogP contribution < -0.4 is 9.46 Å². The molecule has 0 bridgehead atoms. The summed E-state index contributed by atoms with van der Waals surface area (Å²) in [5, 5.41) is 9.57. The fraction of sp³-hybridized carbons (Fsp3) is 0.409. The second-order valence-electron chi connectivity index (χ2n) is 7.90. The van der Waals surface area contributed by atoms with Crippen LogP contribution in [-0.2, 0) is 28.8 Å². The Kier molecular flexibility index (Phi) is 7.38. The van der Waals surface area contributed by atoms with Gasteiger partial charge in [0.25, 0.3) is 0 Å². The summed E-state index contributed by atoms with van der Waals surface area (Å²) in [4.78, 5) is 11.7. The molecule has 6 heteroatoms. The monoisotopic (exact) mass is 403 g/mol. The predicted molar refractivity (Wildman–Crippen MR) is 113 cm³/mol. The average molecular weight is 404 g/mol. The van der Waals surface area contributed by atoms with E-state index in [1.54, 1.807) is 0 Å². The van der Waals surface area contributed by atoms with Crippen LogP contribution in [0.5, 0.6) is 5.75 Å². The van der Waals surface area contributed by atoms with E-state index >= 15 is 0 Å². The number of carboxylic acid groups (broad SMARTS) is 1. The summed E-state index contributed by atoms with van der Waals surface area (Å²) in [5.74, 6) is -0.262. The molecule has 0 aromatic heterocycles. The lowest BCUT2D eigenvalue weighted by Crippen LogP contribution is -2.45. The molecule has 0 saturated carbocycles. The van der Waals surface area contributed by atoms with E-state index in [-0.39, 0.29) is 6.42 Å². The third-order valence-electron chi connectivity index (χ3n) is 4.43. The Balaban J connectivity index is 2.14. The lowest BCUT2D eigenvalue weighted by molar-refractivity contribution is -0.138. The van der Waals surface area contributed by atoms with Gasteiger partial charge in [-0.25, -0.2) is 8.93 Å². The highest BCUT2D eigenvalue weighted by atomic mass is 32.2. The van der Waals surface area contributed by atoms with Crippen LogP contribution in [0.1, 0.15) is 43.0 Å². The lowest BCUT2D eigenvalue weighted by atomic mass is 9.96. The largest absolute Gasteiger partial charge is 0.489 e. The number of hydrogen-bond acceptors (Lipinski definition) is 3. The Morgan fingerprint density at radius 2 is 1.71 bits per heavy atom. The maximum atomic E-state index is 12.3. The highest BCUT2D eigenvalue weighted by Crippen LogP contribution is 2.24. The molecular weight excluding hydrogens is 374 g/mol.